The zero-order valence-corrected chi connectivity index (χ0v) is 13.2. The first kappa shape index (κ1) is 17.3. The first-order valence-corrected chi connectivity index (χ1v) is 8.45. The van der Waals surface area contributed by atoms with Crippen LogP contribution in [0.2, 0.25) is 0 Å². The van der Waals surface area contributed by atoms with E-state index in [9.17, 15) is 26.8 Å². The van der Waals surface area contributed by atoms with Crippen LogP contribution in [0.25, 0.3) is 0 Å². The molecule has 126 valence electrons. The molecule has 1 aliphatic rings. The van der Waals surface area contributed by atoms with Crippen LogP contribution < -0.4 is 0 Å². The third-order valence-corrected chi connectivity index (χ3v) is 5.07. The Balaban J connectivity index is 2.09. The van der Waals surface area contributed by atoms with Gasteiger partial charge < -0.3 is 9.80 Å². The predicted molar refractivity (Wildman–Crippen MR) is 77.8 cm³/mol. The van der Waals surface area contributed by atoms with Gasteiger partial charge in [0.15, 0.2) is 0 Å². The van der Waals surface area contributed by atoms with Gasteiger partial charge in [-0.25, -0.2) is 8.42 Å². The lowest BCUT2D eigenvalue weighted by molar-refractivity contribution is -0.130. The number of sulfone groups is 1. The van der Waals surface area contributed by atoms with Gasteiger partial charge in [-0.1, -0.05) is 0 Å². The number of halogens is 2. The molecule has 0 radical (unpaired) electrons. The summed E-state index contributed by atoms with van der Waals surface area (Å²) in [4.78, 5) is 26.2. The number of amides is 2. The second-order valence-electron chi connectivity index (χ2n) is 5.13. The topological polar surface area (TPSA) is 74.8 Å². The summed E-state index contributed by atoms with van der Waals surface area (Å²) in [6.07, 6.45) is 0. The number of carbonyl (C=O) groups excluding carboxylic acids is 2. The van der Waals surface area contributed by atoms with Crippen LogP contribution >= 0.6 is 0 Å². The van der Waals surface area contributed by atoms with Crippen LogP contribution in [0.4, 0.5) is 8.78 Å². The number of benzene rings is 1. The molecule has 1 saturated heterocycles. The maximum absolute atomic E-state index is 12.5. The molecule has 0 spiro atoms. The van der Waals surface area contributed by atoms with Crippen molar-refractivity contribution in [2.24, 2.45) is 0 Å². The number of nitrogens with zero attached hydrogens (tertiary/aromatic N) is 2. The molecule has 1 aromatic carbocycles. The van der Waals surface area contributed by atoms with Crippen LogP contribution in [0.5, 0.6) is 0 Å². The van der Waals surface area contributed by atoms with E-state index < -0.39 is 20.5 Å². The Hall–Kier alpha value is -2.03. The van der Waals surface area contributed by atoms with Crippen molar-refractivity contribution in [2.45, 2.75) is 17.6 Å². The van der Waals surface area contributed by atoms with E-state index in [1.165, 1.54) is 24.0 Å². The van der Waals surface area contributed by atoms with Crippen LogP contribution in [0, 0.1) is 0 Å². The van der Waals surface area contributed by atoms with Crippen LogP contribution in [-0.2, 0) is 14.6 Å². The molecule has 23 heavy (non-hydrogen) atoms. The Morgan fingerprint density at radius 3 is 1.91 bits per heavy atom. The van der Waals surface area contributed by atoms with E-state index in [1.807, 2.05) is 0 Å². The minimum atomic E-state index is -4.66. The minimum absolute atomic E-state index is 0.0568. The second-order valence-corrected chi connectivity index (χ2v) is 7.05. The predicted octanol–water partition coefficient (Wildman–Crippen LogP) is 0.987. The summed E-state index contributed by atoms with van der Waals surface area (Å²) >= 11 is 0. The van der Waals surface area contributed by atoms with Gasteiger partial charge >= 0.3 is 5.76 Å². The summed E-state index contributed by atoms with van der Waals surface area (Å²) in [6, 6.07) is 4.44. The standard InChI is InChI=1S/C14H16F2N2O4S/c1-10(19)17-6-8-18(9-7-17)13(20)11-2-4-12(5-3-11)23(21,22)14(15)16/h2-5,14H,6-9H2,1H3. The maximum atomic E-state index is 12.5. The van der Waals surface area contributed by atoms with E-state index in [0.29, 0.717) is 26.2 Å². The van der Waals surface area contributed by atoms with Gasteiger partial charge in [-0.3, -0.25) is 9.59 Å². The molecule has 9 heteroatoms. The quantitative estimate of drug-likeness (QED) is 0.818. The third-order valence-electron chi connectivity index (χ3n) is 3.68. The normalized spacial score (nSPS) is 15.8. The second kappa shape index (κ2) is 6.61. The molecular weight excluding hydrogens is 330 g/mol. The van der Waals surface area contributed by atoms with Crippen molar-refractivity contribution < 1.29 is 26.8 Å². The van der Waals surface area contributed by atoms with Crippen LogP contribution in [0.15, 0.2) is 29.2 Å². The lowest BCUT2D eigenvalue weighted by atomic mass is 10.2. The summed E-state index contributed by atoms with van der Waals surface area (Å²) in [6.45, 7) is 3.06. The number of hydrogen-bond donors (Lipinski definition) is 0. The first-order chi connectivity index (χ1) is 10.7. The van der Waals surface area contributed by atoms with Gasteiger partial charge in [-0.05, 0) is 24.3 Å². The van der Waals surface area contributed by atoms with E-state index in [0.717, 1.165) is 12.1 Å². The smallest absolute Gasteiger partial charge is 0.339 e. The fraction of sp³-hybridized carbons (Fsp3) is 0.429. The molecule has 1 fully saturated rings. The fourth-order valence-electron chi connectivity index (χ4n) is 2.30. The van der Waals surface area contributed by atoms with E-state index >= 15 is 0 Å². The molecule has 2 amide bonds. The molecule has 0 bridgehead atoms. The van der Waals surface area contributed by atoms with Gasteiger partial charge in [0, 0.05) is 38.7 Å². The van der Waals surface area contributed by atoms with Gasteiger partial charge in [0.05, 0.1) is 4.90 Å². The van der Waals surface area contributed by atoms with Crippen LogP contribution in [0.3, 0.4) is 0 Å². The highest BCUT2D eigenvalue weighted by atomic mass is 32.2. The molecule has 0 unspecified atom stereocenters. The molecule has 0 N–H and O–H groups in total. The number of rotatable bonds is 3. The minimum Gasteiger partial charge on any atom is -0.339 e. The lowest BCUT2D eigenvalue weighted by Crippen LogP contribution is -2.50. The Bertz CT molecular complexity index is 696. The Labute approximate surface area is 132 Å². The molecule has 0 saturated carbocycles. The Kier molecular flexibility index (Phi) is 4.98. The average Bonchev–Trinajstić information content (AvgIpc) is 2.54. The van der Waals surface area contributed by atoms with Gasteiger partial charge in [0.1, 0.15) is 0 Å². The Morgan fingerprint density at radius 1 is 1.00 bits per heavy atom. The van der Waals surface area contributed by atoms with Crippen molar-refractivity contribution in [3.8, 4) is 0 Å². The van der Waals surface area contributed by atoms with Crippen LogP contribution in [-0.4, -0.2) is 62.0 Å². The number of piperazine rings is 1. The highest BCUT2D eigenvalue weighted by Crippen LogP contribution is 2.19. The summed E-state index contributed by atoms with van der Waals surface area (Å²) < 4.78 is 47.6. The molecule has 2 rings (SSSR count). The van der Waals surface area contributed by atoms with Crippen molar-refractivity contribution in [1.29, 1.82) is 0 Å². The maximum Gasteiger partial charge on any atom is 0.341 e. The highest BCUT2D eigenvalue weighted by Gasteiger charge is 2.27. The Morgan fingerprint density at radius 2 is 1.48 bits per heavy atom. The van der Waals surface area contributed by atoms with Crippen LogP contribution in [0.1, 0.15) is 17.3 Å². The van der Waals surface area contributed by atoms with Crippen molar-refractivity contribution >= 4 is 21.7 Å². The SMILES string of the molecule is CC(=O)N1CCN(C(=O)c2ccc(S(=O)(=O)C(F)F)cc2)CC1. The average molecular weight is 346 g/mol. The van der Waals surface area contributed by atoms with Gasteiger partial charge in [0.25, 0.3) is 5.91 Å². The van der Waals surface area contributed by atoms with Crippen molar-refractivity contribution in [3.05, 3.63) is 29.8 Å². The van der Waals surface area contributed by atoms with E-state index in [1.54, 1.807) is 4.90 Å². The molecule has 0 aliphatic carbocycles. The lowest BCUT2D eigenvalue weighted by Gasteiger charge is -2.34. The zero-order valence-electron chi connectivity index (χ0n) is 12.4. The van der Waals surface area contributed by atoms with E-state index in [-0.39, 0.29) is 17.4 Å². The van der Waals surface area contributed by atoms with Gasteiger partial charge in [-0.15, -0.1) is 0 Å². The van der Waals surface area contributed by atoms with E-state index in [4.69, 9.17) is 0 Å². The number of carbonyl (C=O) groups is 2. The van der Waals surface area contributed by atoms with Crippen molar-refractivity contribution in [2.75, 3.05) is 26.2 Å². The molecule has 0 atom stereocenters. The molecule has 1 aliphatic heterocycles. The number of alkyl halides is 2. The molecule has 6 nitrogen and oxygen atoms in total. The fourth-order valence-corrected chi connectivity index (χ4v) is 3.02. The summed E-state index contributed by atoms with van der Waals surface area (Å²) in [5.41, 5.74) is 0.217. The third kappa shape index (κ3) is 3.66. The first-order valence-electron chi connectivity index (χ1n) is 6.90. The van der Waals surface area contributed by atoms with Gasteiger partial charge in [-0.2, -0.15) is 8.78 Å². The summed E-state index contributed by atoms with van der Waals surface area (Å²) in [7, 11) is -4.66. The monoisotopic (exact) mass is 346 g/mol. The number of hydrogen-bond acceptors (Lipinski definition) is 4. The molecule has 1 aromatic rings. The van der Waals surface area contributed by atoms with Crippen molar-refractivity contribution in [1.82, 2.24) is 9.80 Å². The van der Waals surface area contributed by atoms with Crippen molar-refractivity contribution in [3.63, 3.8) is 0 Å². The summed E-state index contributed by atoms with van der Waals surface area (Å²) in [5.74, 6) is -3.88. The molecular formula is C14H16F2N2O4S. The largest absolute Gasteiger partial charge is 0.341 e. The zero-order chi connectivity index (χ0) is 17.2. The highest BCUT2D eigenvalue weighted by molar-refractivity contribution is 7.91. The summed E-state index contributed by atoms with van der Waals surface area (Å²) in [5, 5.41) is 0. The van der Waals surface area contributed by atoms with Gasteiger partial charge in [0.2, 0.25) is 15.7 Å². The van der Waals surface area contributed by atoms with E-state index in [2.05, 4.69) is 0 Å². The molecule has 0 aromatic heterocycles. The molecule has 1 heterocycles.